The number of methoxy groups -OCH3 is 1. The Bertz CT molecular complexity index is 1710. The lowest BCUT2D eigenvalue weighted by Crippen LogP contribution is -2.43. The second-order valence-corrected chi connectivity index (χ2v) is 11.0. The van der Waals surface area contributed by atoms with Crippen molar-refractivity contribution in [2.45, 2.75) is 32.5 Å². The molecular formula is C34H29ClF4N2O4. The van der Waals surface area contributed by atoms with Crippen molar-refractivity contribution in [3.63, 3.8) is 0 Å². The number of ether oxygens (including phenoxy) is 1. The van der Waals surface area contributed by atoms with E-state index in [-0.39, 0.29) is 29.4 Å². The van der Waals surface area contributed by atoms with Crippen LogP contribution >= 0.6 is 11.6 Å². The molecule has 0 aromatic heterocycles. The first-order valence-electron chi connectivity index (χ1n) is 13.8. The third-order valence-corrected chi connectivity index (χ3v) is 7.39. The Morgan fingerprint density at radius 2 is 1.38 bits per heavy atom. The van der Waals surface area contributed by atoms with E-state index in [4.69, 9.17) is 16.3 Å². The van der Waals surface area contributed by atoms with E-state index >= 15 is 0 Å². The van der Waals surface area contributed by atoms with Crippen LogP contribution in [0, 0.1) is 11.7 Å². The Balaban J connectivity index is 1.65. The number of nitrogens with one attached hydrogen (secondary N) is 2. The molecule has 6 nitrogen and oxygen atoms in total. The molecule has 0 spiro atoms. The normalized spacial score (nSPS) is 12.0. The standard InChI is InChI=1S/C34H29ClF4N2O4/c1-19(2)31(42)40-29-15-10-22(20-6-11-25(12-7-20)34(37,38)39)16-27(29)32(43)41-30(33(44)45-3)18-24-5-4-23(17-28(24)35)21-8-13-26(36)14-9-21/h4-17,19,30H,18H2,1-3H3,(H,40,42)(H,41,43)/t30-/m1/s1. The highest BCUT2D eigenvalue weighted by Crippen LogP contribution is 2.32. The summed E-state index contributed by atoms with van der Waals surface area (Å²) in [5, 5.41) is 5.64. The molecule has 0 fully saturated rings. The highest BCUT2D eigenvalue weighted by Gasteiger charge is 2.30. The van der Waals surface area contributed by atoms with Crippen LogP contribution in [0.3, 0.4) is 0 Å². The highest BCUT2D eigenvalue weighted by atomic mass is 35.5. The minimum atomic E-state index is -4.51. The van der Waals surface area contributed by atoms with Gasteiger partial charge in [-0.15, -0.1) is 0 Å². The molecule has 2 N–H and O–H groups in total. The maximum Gasteiger partial charge on any atom is 0.416 e. The van der Waals surface area contributed by atoms with Gasteiger partial charge in [-0.2, -0.15) is 13.2 Å². The summed E-state index contributed by atoms with van der Waals surface area (Å²) in [6, 6.07) is 18.6. The number of esters is 1. The van der Waals surface area contributed by atoms with E-state index in [1.165, 1.54) is 43.5 Å². The molecule has 4 aromatic rings. The minimum absolute atomic E-state index is 0.0203. The molecule has 234 valence electrons. The first kappa shape index (κ1) is 33.2. The van der Waals surface area contributed by atoms with Gasteiger partial charge in [-0.1, -0.05) is 67.9 Å². The number of amides is 2. The van der Waals surface area contributed by atoms with Crippen LogP contribution < -0.4 is 10.6 Å². The second-order valence-electron chi connectivity index (χ2n) is 10.5. The Hall–Kier alpha value is -4.70. The van der Waals surface area contributed by atoms with Gasteiger partial charge in [0.05, 0.1) is 23.9 Å². The largest absolute Gasteiger partial charge is 0.467 e. The SMILES string of the molecule is COC(=O)[C@@H](Cc1ccc(-c2ccc(F)cc2)cc1Cl)NC(=O)c1cc(-c2ccc(C(F)(F)F)cc2)ccc1NC(=O)C(C)C. The smallest absolute Gasteiger partial charge is 0.416 e. The lowest BCUT2D eigenvalue weighted by atomic mass is 9.98. The van der Waals surface area contributed by atoms with E-state index < -0.39 is 35.6 Å². The number of hydrogen-bond acceptors (Lipinski definition) is 4. The van der Waals surface area contributed by atoms with Crippen LogP contribution in [-0.4, -0.2) is 30.9 Å². The molecule has 0 unspecified atom stereocenters. The average Bonchev–Trinajstić information content (AvgIpc) is 3.01. The lowest BCUT2D eigenvalue weighted by molar-refractivity contribution is -0.143. The molecule has 11 heteroatoms. The summed E-state index contributed by atoms with van der Waals surface area (Å²) >= 11 is 6.54. The quantitative estimate of drug-likeness (QED) is 0.144. The molecule has 1 atom stereocenters. The molecule has 0 heterocycles. The molecule has 0 aliphatic carbocycles. The van der Waals surface area contributed by atoms with Crippen molar-refractivity contribution in [2.24, 2.45) is 5.92 Å². The molecule has 0 saturated heterocycles. The maximum atomic E-state index is 13.7. The van der Waals surface area contributed by atoms with Crippen molar-refractivity contribution in [2.75, 3.05) is 12.4 Å². The van der Waals surface area contributed by atoms with Gasteiger partial charge in [0, 0.05) is 17.4 Å². The van der Waals surface area contributed by atoms with E-state index in [9.17, 15) is 31.9 Å². The maximum absolute atomic E-state index is 13.7. The molecule has 0 saturated carbocycles. The number of rotatable bonds is 9. The third kappa shape index (κ3) is 8.27. The predicted molar refractivity (Wildman–Crippen MR) is 164 cm³/mol. The van der Waals surface area contributed by atoms with E-state index in [1.54, 1.807) is 50.2 Å². The number of carbonyl (C=O) groups is 3. The molecule has 2 amide bonds. The Kier molecular flexibility index (Phi) is 10.3. The van der Waals surface area contributed by atoms with Crippen molar-refractivity contribution < 1.29 is 36.7 Å². The summed E-state index contributed by atoms with van der Waals surface area (Å²) in [4.78, 5) is 39.0. The zero-order valence-corrected chi connectivity index (χ0v) is 25.2. The second kappa shape index (κ2) is 13.9. The van der Waals surface area contributed by atoms with Gasteiger partial charge in [0.25, 0.3) is 5.91 Å². The Morgan fingerprint density at radius 1 is 0.822 bits per heavy atom. The summed E-state index contributed by atoms with van der Waals surface area (Å²) in [6.45, 7) is 3.34. The lowest BCUT2D eigenvalue weighted by Gasteiger charge is -2.20. The van der Waals surface area contributed by atoms with Crippen molar-refractivity contribution in [3.8, 4) is 22.3 Å². The number of hydrogen-bond donors (Lipinski definition) is 2. The van der Waals surface area contributed by atoms with Gasteiger partial charge >= 0.3 is 12.1 Å². The first-order chi connectivity index (χ1) is 21.3. The van der Waals surface area contributed by atoms with Crippen LogP contribution in [0.25, 0.3) is 22.3 Å². The van der Waals surface area contributed by atoms with Crippen LogP contribution in [0.5, 0.6) is 0 Å². The first-order valence-corrected chi connectivity index (χ1v) is 14.2. The monoisotopic (exact) mass is 640 g/mol. The van der Waals surface area contributed by atoms with Gasteiger partial charge in [-0.05, 0) is 70.3 Å². The summed E-state index contributed by atoms with van der Waals surface area (Å²) in [5.41, 5.74) is 2.07. The van der Waals surface area contributed by atoms with E-state index in [0.717, 1.165) is 17.7 Å². The number of alkyl halides is 3. The van der Waals surface area contributed by atoms with E-state index in [1.807, 2.05) is 0 Å². The highest BCUT2D eigenvalue weighted by molar-refractivity contribution is 6.31. The van der Waals surface area contributed by atoms with Gasteiger partial charge in [0.1, 0.15) is 11.9 Å². The summed E-state index contributed by atoms with van der Waals surface area (Å²) < 4.78 is 57.5. The topological polar surface area (TPSA) is 84.5 Å². The van der Waals surface area contributed by atoms with Crippen LogP contribution in [0.2, 0.25) is 5.02 Å². The fourth-order valence-electron chi connectivity index (χ4n) is 4.48. The summed E-state index contributed by atoms with van der Waals surface area (Å²) in [7, 11) is 1.17. The third-order valence-electron chi connectivity index (χ3n) is 7.04. The van der Waals surface area contributed by atoms with Crippen molar-refractivity contribution in [1.82, 2.24) is 5.32 Å². The molecule has 0 bridgehead atoms. The van der Waals surface area contributed by atoms with Gasteiger partial charge in [-0.25, -0.2) is 9.18 Å². The van der Waals surface area contributed by atoms with E-state index in [0.29, 0.717) is 27.3 Å². The summed E-state index contributed by atoms with van der Waals surface area (Å²) in [6.07, 6.45) is -4.56. The average molecular weight is 641 g/mol. The van der Waals surface area contributed by atoms with Crippen molar-refractivity contribution in [1.29, 1.82) is 0 Å². The van der Waals surface area contributed by atoms with Crippen LogP contribution in [-0.2, 0) is 26.9 Å². The van der Waals surface area contributed by atoms with Gasteiger partial charge in [0.2, 0.25) is 5.91 Å². The van der Waals surface area contributed by atoms with Gasteiger partial charge in [0.15, 0.2) is 0 Å². The molecular weight excluding hydrogens is 612 g/mol. The van der Waals surface area contributed by atoms with Gasteiger partial charge in [-0.3, -0.25) is 9.59 Å². The van der Waals surface area contributed by atoms with Crippen LogP contribution in [0.4, 0.5) is 23.2 Å². The predicted octanol–water partition coefficient (Wildman–Crippen LogP) is 7.94. The molecule has 0 aliphatic heterocycles. The number of halogens is 5. The van der Waals surface area contributed by atoms with E-state index in [2.05, 4.69) is 10.6 Å². The number of benzene rings is 4. The van der Waals surface area contributed by atoms with Crippen LogP contribution in [0.15, 0.2) is 84.9 Å². The minimum Gasteiger partial charge on any atom is -0.467 e. The Morgan fingerprint density at radius 3 is 1.93 bits per heavy atom. The summed E-state index contributed by atoms with van der Waals surface area (Å²) in [5.74, 6) is -2.66. The molecule has 0 aliphatic rings. The molecule has 45 heavy (non-hydrogen) atoms. The molecule has 4 rings (SSSR count). The number of anilines is 1. The van der Waals surface area contributed by atoms with Gasteiger partial charge < -0.3 is 15.4 Å². The van der Waals surface area contributed by atoms with Crippen molar-refractivity contribution >= 4 is 35.1 Å². The fourth-order valence-corrected chi connectivity index (χ4v) is 4.73. The van der Waals surface area contributed by atoms with Crippen molar-refractivity contribution in [3.05, 3.63) is 112 Å². The number of carbonyl (C=O) groups excluding carboxylic acids is 3. The Labute approximate surface area is 262 Å². The molecule has 4 aromatic carbocycles. The zero-order valence-electron chi connectivity index (χ0n) is 24.5. The molecule has 0 radical (unpaired) electrons. The zero-order chi connectivity index (χ0) is 32.9. The fraction of sp³-hybridized carbons (Fsp3) is 0.206. The van der Waals surface area contributed by atoms with Crippen LogP contribution in [0.1, 0.15) is 35.3 Å².